The molecule has 1 unspecified atom stereocenters. The van der Waals surface area contributed by atoms with Gasteiger partial charge in [-0.05, 0) is 30.2 Å². The van der Waals surface area contributed by atoms with Crippen LogP contribution in [0.4, 0.5) is 13.2 Å². The fourth-order valence-corrected chi connectivity index (χ4v) is 3.38. The van der Waals surface area contributed by atoms with Gasteiger partial charge in [0.05, 0.1) is 16.3 Å². The van der Waals surface area contributed by atoms with E-state index in [-0.39, 0.29) is 12.3 Å². The molecule has 2 heterocycles. The number of benzene rings is 1. The van der Waals surface area contributed by atoms with Crippen LogP contribution >= 0.6 is 11.6 Å². The molecule has 0 aliphatic heterocycles. The van der Waals surface area contributed by atoms with Gasteiger partial charge >= 0.3 is 6.18 Å². The summed E-state index contributed by atoms with van der Waals surface area (Å²) in [6.07, 6.45) is 0.539. The first-order valence-electron chi connectivity index (χ1n) is 9.36. The van der Waals surface area contributed by atoms with Crippen molar-refractivity contribution in [3.63, 3.8) is 0 Å². The lowest BCUT2D eigenvalue weighted by molar-refractivity contribution is -0.137. The molecule has 0 aliphatic rings. The van der Waals surface area contributed by atoms with Crippen LogP contribution < -0.4 is 5.32 Å². The summed E-state index contributed by atoms with van der Waals surface area (Å²) in [7, 11) is 0. The molecule has 1 N–H and O–H groups in total. The van der Waals surface area contributed by atoms with E-state index >= 15 is 0 Å². The van der Waals surface area contributed by atoms with Gasteiger partial charge in [0.25, 0.3) is 0 Å². The second-order valence-corrected chi connectivity index (χ2v) is 7.28. The van der Waals surface area contributed by atoms with Gasteiger partial charge in [0, 0.05) is 31.3 Å². The molecule has 1 aromatic carbocycles. The Kier molecular flexibility index (Phi) is 6.47. The van der Waals surface area contributed by atoms with Crippen molar-refractivity contribution >= 4 is 23.2 Å². The molecule has 3 rings (SSSR count). The van der Waals surface area contributed by atoms with Gasteiger partial charge < -0.3 is 9.72 Å². The van der Waals surface area contributed by atoms with E-state index in [1.165, 1.54) is 6.07 Å². The van der Waals surface area contributed by atoms with Crippen molar-refractivity contribution in [1.29, 1.82) is 0 Å². The molecule has 1 atom stereocenters. The standard InChI is InChI=1S/C21H21ClF3N3O/c1-2-3-9-26-20(29)11-17(14-5-4-6-15(10-14)21(23,24)25)18-12-27-19-8-7-16(22)13-28(18)19/h4-8,10,12-13,17H,2-3,9,11H2,1H3,(H,26,29). The summed E-state index contributed by atoms with van der Waals surface area (Å²) in [5, 5.41) is 3.30. The monoisotopic (exact) mass is 423 g/mol. The summed E-state index contributed by atoms with van der Waals surface area (Å²) >= 11 is 6.10. The molecule has 1 amide bonds. The lowest BCUT2D eigenvalue weighted by Gasteiger charge is -2.19. The molecule has 0 bridgehead atoms. The maximum Gasteiger partial charge on any atom is 0.416 e. The van der Waals surface area contributed by atoms with Gasteiger partial charge in [-0.1, -0.05) is 43.1 Å². The van der Waals surface area contributed by atoms with Gasteiger partial charge in [0.2, 0.25) is 5.91 Å². The van der Waals surface area contributed by atoms with Crippen molar-refractivity contribution in [2.45, 2.75) is 38.3 Å². The van der Waals surface area contributed by atoms with Gasteiger partial charge in [-0.2, -0.15) is 13.2 Å². The highest BCUT2D eigenvalue weighted by molar-refractivity contribution is 6.30. The molecule has 0 aliphatic carbocycles. The molecule has 0 saturated heterocycles. The Labute approximate surface area is 171 Å². The predicted molar refractivity (Wildman–Crippen MR) is 106 cm³/mol. The second kappa shape index (κ2) is 8.86. The van der Waals surface area contributed by atoms with Crippen LogP contribution in [0.25, 0.3) is 5.65 Å². The summed E-state index contributed by atoms with van der Waals surface area (Å²) in [6.45, 7) is 2.55. The maximum absolute atomic E-state index is 13.2. The van der Waals surface area contributed by atoms with Crippen LogP contribution in [0.15, 0.2) is 48.8 Å². The van der Waals surface area contributed by atoms with E-state index in [2.05, 4.69) is 10.3 Å². The smallest absolute Gasteiger partial charge is 0.356 e. The summed E-state index contributed by atoms with van der Waals surface area (Å²) in [6, 6.07) is 8.47. The first kappa shape index (κ1) is 21.2. The third-order valence-corrected chi connectivity index (χ3v) is 4.94. The van der Waals surface area contributed by atoms with Crippen molar-refractivity contribution < 1.29 is 18.0 Å². The number of hydrogen-bond acceptors (Lipinski definition) is 2. The molecule has 0 saturated carbocycles. The molecule has 8 heteroatoms. The first-order valence-corrected chi connectivity index (χ1v) is 9.73. The number of alkyl halides is 3. The SMILES string of the molecule is CCCCNC(=O)CC(c1cccc(C(F)(F)F)c1)c1cnc2ccc(Cl)cn12. The fraction of sp³-hybridized carbons (Fsp3) is 0.333. The topological polar surface area (TPSA) is 46.4 Å². The van der Waals surface area contributed by atoms with Gasteiger partial charge in [0.15, 0.2) is 0 Å². The van der Waals surface area contributed by atoms with Crippen LogP contribution in [0.1, 0.15) is 48.9 Å². The van der Waals surface area contributed by atoms with E-state index in [4.69, 9.17) is 11.6 Å². The zero-order valence-corrected chi connectivity index (χ0v) is 16.6. The van der Waals surface area contributed by atoms with E-state index in [0.717, 1.165) is 25.0 Å². The van der Waals surface area contributed by atoms with Gasteiger partial charge in [0.1, 0.15) is 5.65 Å². The van der Waals surface area contributed by atoms with Crippen LogP contribution in [0.5, 0.6) is 0 Å². The fourth-order valence-electron chi connectivity index (χ4n) is 3.22. The number of nitrogens with one attached hydrogen (secondary N) is 1. The number of aromatic nitrogens is 2. The van der Waals surface area contributed by atoms with Crippen LogP contribution in [-0.4, -0.2) is 21.8 Å². The highest BCUT2D eigenvalue weighted by Gasteiger charge is 2.32. The number of imidazole rings is 1. The molecule has 2 aromatic heterocycles. The molecule has 29 heavy (non-hydrogen) atoms. The predicted octanol–water partition coefficient (Wildman–Crippen LogP) is 5.44. The average Bonchev–Trinajstić information content (AvgIpc) is 3.08. The second-order valence-electron chi connectivity index (χ2n) is 6.84. The van der Waals surface area contributed by atoms with Gasteiger partial charge in [-0.15, -0.1) is 0 Å². The molecule has 4 nitrogen and oxygen atoms in total. The minimum atomic E-state index is -4.47. The zero-order chi connectivity index (χ0) is 21.0. The minimum absolute atomic E-state index is 0.00529. The van der Waals surface area contributed by atoms with Crippen molar-refractivity contribution in [2.24, 2.45) is 0 Å². The number of amides is 1. The number of hydrogen-bond donors (Lipinski definition) is 1. The Morgan fingerprint density at radius 3 is 2.79 bits per heavy atom. The average molecular weight is 424 g/mol. The quantitative estimate of drug-likeness (QED) is 0.514. The molecular formula is C21H21ClF3N3O. The van der Waals surface area contributed by atoms with E-state index in [0.29, 0.717) is 28.5 Å². The van der Waals surface area contributed by atoms with Crippen molar-refractivity contribution in [3.8, 4) is 0 Å². The summed E-state index contributed by atoms with van der Waals surface area (Å²) in [5.41, 5.74) is 0.853. The van der Waals surface area contributed by atoms with Crippen LogP contribution in [0.3, 0.4) is 0 Å². The van der Waals surface area contributed by atoms with Gasteiger partial charge in [-0.25, -0.2) is 4.98 Å². The largest absolute Gasteiger partial charge is 0.416 e. The Morgan fingerprint density at radius 2 is 2.07 bits per heavy atom. The number of pyridine rings is 1. The Morgan fingerprint density at radius 1 is 1.28 bits per heavy atom. The number of nitrogens with zero attached hydrogens (tertiary/aromatic N) is 2. The van der Waals surface area contributed by atoms with E-state index < -0.39 is 17.7 Å². The van der Waals surface area contributed by atoms with Gasteiger partial charge in [-0.3, -0.25) is 4.79 Å². The molecule has 154 valence electrons. The minimum Gasteiger partial charge on any atom is -0.356 e. The van der Waals surface area contributed by atoms with Crippen LogP contribution in [0.2, 0.25) is 5.02 Å². The number of rotatable bonds is 7. The Balaban J connectivity index is 2.02. The molecule has 3 aromatic rings. The van der Waals surface area contributed by atoms with Crippen molar-refractivity contribution in [1.82, 2.24) is 14.7 Å². The maximum atomic E-state index is 13.2. The highest BCUT2D eigenvalue weighted by atomic mass is 35.5. The number of halogens is 4. The molecule has 0 radical (unpaired) electrons. The zero-order valence-electron chi connectivity index (χ0n) is 15.8. The highest BCUT2D eigenvalue weighted by Crippen LogP contribution is 2.34. The van der Waals surface area contributed by atoms with Crippen molar-refractivity contribution in [2.75, 3.05) is 6.54 Å². The number of carbonyl (C=O) groups excluding carboxylic acids is 1. The number of fused-ring (bicyclic) bond motifs is 1. The summed E-state index contributed by atoms with van der Waals surface area (Å²) < 4.78 is 41.4. The van der Waals surface area contributed by atoms with Crippen molar-refractivity contribution in [3.05, 3.63) is 70.6 Å². The summed E-state index contributed by atoms with van der Waals surface area (Å²) in [4.78, 5) is 16.8. The van der Waals surface area contributed by atoms with E-state index in [9.17, 15) is 18.0 Å². The third kappa shape index (κ3) is 5.09. The Bertz CT molecular complexity index is 1000. The molecule has 0 spiro atoms. The first-order chi connectivity index (χ1) is 13.8. The van der Waals surface area contributed by atoms with E-state index in [1.54, 1.807) is 35.0 Å². The Hall–Kier alpha value is -2.54. The summed E-state index contributed by atoms with van der Waals surface area (Å²) in [5.74, 6) is -0.828. The number of unbranched alkanes of at least 4 members (excludes halogenated alkanes) is 1. The van der Waals surface area contributed by atoms with Crippen LogP contribution in [0, 0.1) is 0 Å². The number of carbonyl (C=O) groups is 1. The normalized spacial score (nSPS) is 12.9. The molecule has 0 fully saturated rings. The molecular weight excluding hydrogens is 403 g/mol. The lowest BCUT2D eigenvalue weighted by Crippen LogP contribution is -2.26. The lowest BCUT2D eigenvalue weighted by atomic mass is 9.91. The van der Waals surface area contributed by atoms with Crippen LogP contribution in [-0.2, 0) is 11.0 Å². The third-order valence-electron chi connectivity index (χ3n) is 4.71. The van der Waals surface area contributed by atoms with E-state index in [1.807, 2.05) is 6.92 Å².